The summed E-state index contributed by atoms with van der Waals surface area (Å²) in [6, 6.07) is 3.49. The maximum Gasteiger partial charge on any atom is 0.334 e. The molecule has 1 aromatic heterocycles. The number of urea groups is 1. The van der Waals surface area contributed by atoms with Crippen LogP contribution in [0.4, 0.5) is 9.18 Å². The van der Waals surface area contributed by atoms with Gasteiger partial charge in [0.05, 0.1) is 17.6 Å². The van der Waals surface area contributed by atoms with Crippen molar-refractivity contribution in [3.63, 3.8) is 0 Å². The lowest BCUT2D eigenvalue weighted by molar-refractivity contribution is -0.143. The molecule has 1 aromatic carbocycles. The third-order valence-corrected chi connectivity index (χ3v) is 3.85. The molecule has 3 rings (SSSR count). The van der Waals surface area contributed by atoms with Crippen molar-refractivity contribution in [1.82, 2.24) is 19.4 Å². The molecule has 0 unspecified atom stereocenters. The Labute approximate surface area is 137 Å². The zero-order valence-corrected chi connectivity index (χ0v) is 13.0. The fraction of sp³-hybridized carbons (Fsp3) is 0.250. The van der Waals surface area contributed by atoms with Crippen LogP contribution in [0.15, 0.2) is 30.9 Å². The fourth-order valence-corrected chi connectivity index (χ4v) is 2.75. The van der Waals surface area contributed by atoms with Crippen LogP contribution < -0.4 is 0 Å². The number of rotatable bonds is 5. The van der Waals surface area contributed by atoms with Crippen molar-refractivity contribution in [2.45, 2.75) is 20.0 Å². The number of halogens is 1. The molecule has 1 aliphatic rings. The van der Waals surface area contributed by atoms with Gasteiger partial charge in [-0.25, -0.2) is 19.1 Å². The Morgan fingerprint density at radius 1 is 1.21 bits per heavy atom. The van der Waals surface area contributed by atoms with Crippen molar-refractivity contribution >= 4 is 28.9 Å². The van der Waals surface area contributed by atoms with Gasteiger partial charge in [0.2, 0.25) is 0 Å². The number of imidazole rings is 1. The molecular formula is C16H15FN4O3. The van der Waals surface area contributed by atoms with Crippen LogP contribution in [0.3, 0.4) is 0 Å². The quantitative estimate of drug-likeness (QED) is 0.475. The summed E-state index contributed by atoms with van der Waals surface area (Å²) < 4.78 is 15.1. The molecule has 0 aliphatic carbocycles. The van der Waals surface area contributed by atoms with Gasteiger partial charge < -0.3 is 4.57 Å². The second-order valence-corrected chi connectivity index (χ2v) is 5.28. The molecular weight excluding hydrogens is 315 g/mol. The minimum absolute atomic E-state index is 0.0324. The first kappa shape index (κ1) is 15.9. The summed E-state index contributed by atoms with van der Waals surface area (Å²) in [6.45, 7) is 5.68. The third kappa shape index (κ3) is 2.36. The number of aryl methyl sites for hydroxylation is 1. The Hall–Kier alpha value is -3.03. The molecule has 1 saturated heterocycles. The lowest BCUT2D eigenvalue weighted by atomic mass is 10.3. The number of imide groups is 2. The van der Waals surface area contributed by atoms with E-state index in [2.05, 4.69) is 11.6 Å². The van der Waals surface area contributed by atoms with Crippen LogP contribution in [0.5, 0.6) is 0 Å². The SMILES string of the molecule is C=CCN1C(=O)C(=O)N(Cc2nc3cc(F)ccc3n2CC)C1=O. The highest BCUT2D eigenvalue weighted by atomic mass is 19.1. The fourth-order valence-electron chi connectivity index (χ4n) is 2.75. The highest BCUT2D eigenvalue weighted by Gasteiger charge is 2.44. The maximum absolute atomic E-state index is 13.4. The average Bonchev–Trinajstić information content (AvgIpc) is 3.00. The second-order valence-electron chi connectivity index (χ2n) is 5.28. The van der Waals surface area contributed by atoms with Crippen LogP contribution in [0, 0.1) is 5.82 Å². The normalized spacial score (nSPS) is 15.0. The van der Waals surface area contributed by atoms with Gasteiger partial charge in [-0.1, -0.05) is 6.08 Å². The summed E-state index contributed by atoms with van der Waals surface area (Å²) in [5, 5.41) is 0. The van der Waals surface area contributed by atoms with E-state index in [9.17, 15) is 18.8 Å². The summed E-state index contributed by atoms with van der Waals surface area (Å²) in [5.41, 5.74) is 1.13. The highest BCUT2D eigenvalue weighted by molar-refractivity contribution is 6.44. The smallest absolute Gasteiger partial charge is 0.327 e. The zero-order valence-electron chi connectivity index (χ0n) is 13.0. The minimum Gasteiger partial charge on any atom is -0.327 e. The number of fused-ring (bicyclic) bond motifs is 1. The maximum atomic E-state index is 13.4. The molecule has 2 aromatic rings. The van der Waals surface area contributed by atoms with Crippen molar-refractivity contribution < 1.29 is 18.8 Å². The van der Waals surface area contributed by atoms with Crippen molar-refractivity contribution in [2.24, 2.45) is 0 Å². The molecule has 4 amide bonds. The standard InChI is InChI=1S/C16H15FN4O3/c1-3-7-20-14(22)15(23)21(16(20)24)9-13-18-11-8-10(17)5-6-12(11)19(13)4-2/h3,5-6,8H,1,4,7,9H2,2H3. The summed E-state index contributed by atoms with van der Waals surface area (Å²) >= 11 is 0. The van der Waals surface area contributed by atoms with Crippen LogP contribution in [-0.4, -0.2) is 43.7 Å². The lowest BCUT2D eigenvalue weighted by Gasteiger charge is -2.14. The molecule has 1 aliphatic heterocycles. The van der Waals surface area contributed by atoms with E-state index in [1.165, 1.54) is 18.2 Å². The number of nitrogens with zero attached hydrogens (tertiary/aromatic N) is 4. The van der Waals surface area contributed by atoms with E-state index in [0.717, 1.165) is 9.80 Å². The summed E-state index contributed by atoms with van der Waals surface area (Å²) in [6.07, 6.45) is 1.37. The summed E-state index contributed by atoms with van der Waals surface area (Å²) in [5.74, 6) is -1.80. The molecule has 0 radical (unpaired) electrons. The molecule has 8 heteroatoms. The van der Waals surface area contributed by atoms with E-state index in [0.29, 0.717) is 23.4 Å². The van der Waals surface area contributed by atoms with Gasteiger partial charge in [0.1, 0.15) is 11.6 Å². The largest absolute Gasteiger partial charge is 0.334 e. The Bertz CT molecular complexity index is 874. The van der Waals surface area contributed by atoms with Crippen molar-refractivity contribution in [3.05, 3.63) is 42.5 Å². The first-order valence-electron chi connectivity index (χ1n) is 7.40. The Balaban J connectivity index is 1.97. The first-order valence-corrected chi connectivity index (χ1v) is 7.40. The predicted molar refractivity (Wildman–Crippen MR) is 83.2 cm³/mol. The van der Waals surface area contributed by atoms with Gasteiger partial charge in [-0.15, -0.1) is 6.58 Å². The molecule has 0 N–H and O–H groups in total. The molecule has 124 valence electrons. The zero-order chi connectivity index (χ0) is 17.4. The molecule has 0 bridgehead atoms. The average molecular weight is 330 g/mol. The molecule has 1 fully saturated rings. The predicted octanol–water partition coefficient (Wildman–Crippen LogP) is 1.67. The van der Waals surface area contributed by atoms with Crippen molar-refractivity contribution in [3.8, 4) is 0 Å². The molecule has 24 heavy (non-hydrogen) atoms. The van der Waals surface area contributed by atoms with Gasteiger partial charge in [0.25, 0.3) is 0 Å². The van der Waals surface area contributed by atoms with Gasteiger partial charge in [-0.2, -0.15) is 0 Å². The monoisotopic (exact) mass is 330 g/mol. The van der Waals surface area contributed by atoms with Gasteiger partial charge in [-0.05, 0) is 19.1 Å². The summed E-state index contributed by atoms with van der Waals surface area (Å²) in [4.78, 5) is 42.1. The van der Waals surface area contributed by atoms with Gasteiger partial charge in [-0.3, -0.25) is 14.5 Å². The first-order chi connectivity index (χ1) is 11.5. The molecule has 0 spiro atoms. The number of hydrogen-bond donors (Lipinski definition) is 0. The highest BCUT2D eigenvalue weighted by Crippen LogP contribution is 2.21. The van der Waals surface area contributed by atoms with Crippen molar-refractivity contribution in [2.75, 3.05) is 6.54 Å². The molecule has 2 heterocycles. The number of benzene rings is 1. The third-order valence-electron chi connectivity index (χ3n) is 3.85. The van der Waals surface area contributed by atoms with E-state index in [-0.39, 0.29) is 13.1 Å². The van der Waals surface area contributed by atoms with E-state index >= 15 is 0 Å². The Morgan fingerprint density at radius 3 is 2.58 bits per heavy atom. The van der Waals surface area contributed by atoms with E-state index in [4.69, 9.17) is 0 Å². The van der Waals surface area contributed by atoms with E-state index in [1.807, 2.05) is 6.92 Å². The van der Waals surface area contributed by atoms with E-state index in [1.54, 1.807) is 10.6 Å². The molecule has 0 atom stereocenters. The van der Waals surface area contributed by atoms with Crippen LogP contribution in [0.1, 0.15) is 12.7 Å². The van der Waals surface area contributed by atoms with Crippen LogP contribution in [-0.2, 0) is 22.7 Å². The number of hydrogen-bond acceptors (Lipinski definition) is 4. The minimum atomic E-state index is -0.900. The van der Waals surface area contributed by atoms with Gasteiger partial charge in [0.15, 0.2) is 0 Å². The van der Waals surface area contributed by atoms with Gasteiger partial charge >= 0.3 is 17.8 Å². The number of carbonyl (C=O) groups is 3. The van der Waals surface area contributed by atoms with Crippen molar-refractivity contribution in [1.29, 1.82) is 0 Å². The topological polar surface area (TPSA) is 75.5 Å². The lowest BCUT2D eigenvalue weighted by Crippen LogP contribution is -2.33. The number of carbonyl (C=O) groups excluding carboxylic acids is 3. The molecule has 7 nitrogen and oxygen atoms in total. The Morgan fingerprint density at radius 2 is 1.92 bits per heavy atom. The number of aromatic nitrogens is 2. The Kier molecular flexibility index (Phi) is 3.88. The van der Waals surface area contributed by atoms with Crippen LogP contribution >= 0.6 is 0 Å². The number of amides is 4. The van der Waals surface area contributed by atoms with Crippen LogP contribution in [0.2, 0.25) is 0 Å². The summed E-state index contributed by atoms with van der Waals surface area (Å²) in [7, 11) is 0. The van der Waals surface area contributed by atoms with E-state index < -0.39 is 23.7 Å². The second kappa shape index (κ2) is 5.88. The molecule has 0 saturated carbocycles. The van der Waals surface area contributed by atoms with Gasteiger partial charge in [0, 0.05) is 19.2 Å². The van der Waals surface area contributed by atoms with Crippen LogP contribution in [0.25, 0.3) is 11.0 Å².